The molecule has 96 valence electrons. The van der Waals surface area contributed by atoms with Crippen molar-refractivity contribution in [3.8, 4) is 0 Å². The van der Waals surface area contributed by atoms with Crippen LogP contribution in [0.2, 0.25) is 0 Å². The SMILES string of the molecule is CCCCCCC(NC)c1ccc(C)cc1Br. The molecule has 1 atom stereocenters. The molecule has 0 spiro atoms. The molecule has 0 saturated carbocycles. The second-order valence-corrected chi connectivity index (χ2v) is 5.57. The highest BCUT2D eigenvalue weighted by molar-refractivity contribution is 9.10. The Labute approximate surface area is 114 Å². The van der Waals surface area contributed by atoms with Gasteiger partial charge in [0.2, 0.25) is 0 Å². The van der Waals surface area contributed by atoms with Crippen molar-refractivity contribution in [3.63, 3.8) is 0 Å². The van der Waals surface area contributed by atoms with E-state index < -0.39 is 0 Å². The van der Waals surface area contributed by atoms with Gasteiger partial charge in [0, 0.05) is 10.5 Å². The number of halogens is 1. The summed E-state index contributed by atoms with van der Waals surface area (Å²) in [5.74, 6) is 0. The number of unbranched alkanes of at least 4 members (excludes halogenated alkanes) is 3. The predicted molar refractivity (Wildman–Crippen MR) is 79.4 cm³/mol. The molecule has 0 aromatic heterocycles. The highest BCUT2D eigenvalue weighted by Gasteiger charge is 2.11. The Morgan fingerprint density at radius 3 is 2.59 bits per heavy atom. The summed E-state index contributed by atoms with van der Waals surface area (Å²) in [5.41, 5.74) is 2.69. The van der Waals surface area contributed by atoms with Gasteiger partial charge in [0.1, 0.15) is 0 Å². The second kappa shape index (κ2) is 7.88. The van der Waals surface area contributed by atoms with Crippen molar-refractivity contribution >= 4 is 15.9 Å². The van der Waals surface area contributed by atoms with Crippen molar-refractivity contribution in [3.05, 3.63) is 33.8 Å². The van der Waals surface area contributed by atoms with Crippen LogP contribution in [0.15, 0.2) is 22.7 Å². The lowest BCUT2D eigenvalue weighted by Gasteiger charge is -2.18. The van der Waals surface area contributed by atoms with Crippen LogP contribution in [-0.2, 0) is 0 Å². The molecule has 0 amide bonds. The van der Waals surface area contributed by atoms with Gasteiger partial charge in [-0.1, -0.05) is 60.7 Å². The molecular weight excluding hydrogens is 274 g/mol. The first-order valence-corrected chi connectivity index (χ1v) is 7.41. The molecule has 0 aliphatic carbocycles. The van der Waals surface area contributed by atoms with Crippen LogP contribution in [0.5, 0.6) is 0 Å². The topological polar surface area (TPSA) is 12.0 Å². The average molecular weight is 298 g/mol. The van der Waals surface area contributed by atoms with Crippen molar-refractivity contribution in [2.45, 2.75) is 52.0 Å². The van der Waals surface area contributed by atoms with Crippen LogP contribution in [-0.4, -0.2) is 7.05 Å². The number of hydrogen-bond acceptors (Lipinski definition) is 1. The van der Waals surface area contributed by atoms with E-state index in [9.17, 15) is 0 Å². The lowest BCUT2D eigenvalue weighted by Crippen LogP contribution is -2.16. The van der Waals surface area contributed by atoms with Gasteiger partial charge in [0.15, 0.2) is 0 Å². The Kier molecular flexibility index (Phi) is 6.83. The number of aryl methyl sites for hydroxylation is 1. The van der Waals surface area contributed by atoms with Gasteiger partial charge >= 0.3 is 0 Å². The zero-order chi connectivity index (χ0) is 12.7. The molecule has 0 aliphatic rings. The molecule has 1 unspecified atom stereocenters. The average Bonchev–Trinajstić information content (AvgIpc) is 2.31. The third-order valence-electron chi connectivity index (χ3n) is 3.23. The number of rotatable bonds is 7. The summed E-state index contributed by atoms with van der Waals surface area (Å²) in [6.07, 6.45) is 6.53. The van der Waals surface area contributed by atoms with Crippen LogP contribution in [0.4, 0.5) is 0 Å². The first-order chi connectivity index (χ1) is 8.19. The van der Waals surface area contributed by atoms with Crippen LogP contribution >= 0.6 is 15.9 Å². The summed E-state index contributed by atoms with van der Waals surface area (Å²) in [5, 5.41) is 3.43. The summed E-state index contributed by atoms with van der Waals surface area (Å²) < 4.78 is 1.23. The minimum absolute atomic E-state index is 0.474. The van der Waals surface area contributed by atoms with Crippen molar-refractivity contribution < 1.29 is 0 Å². The molecule has 17 heavy (non-hydrogen) atoms. The Morgan fingerprint density at radius 1 is 1.24 bits per heavy atom. The minimum atomic E-state index is 0.474. The molecule has 0 aliphatic heterocycles. The number of hydrogen-bond donors (Lipinski definition) is 1. The summed E-state index contributed by atoms with van der Waals surface area (Å²) in [4.78, 5) is 0. The highest BCUT2D eigenvalue weighted by atomic mass is 79.9. The van der Waals surface area contributed by atoms with E-state index in [1.165, 1.54) is 47.7 Å². The zero-order valence-electron chi connectivity index (χ0n) is 11.2. The first kappa shape index (κ1) is 14.7. The maximum Gasteiger partial charge on any atom is 0.0328 e. The Balaban J connectivity index is 2.59. The normalized spacial score (nSPS) is 12.7. The smallest absolute Gasteiger partial charge is 0.0328 e. The molecule has 1 nitrogen and oxygen atoms in total. The van der Waals surface area contributed by atoms with Gasteiger partial charge in [-0.25, -0.2) is 0 Å². The first-order valence-electron chi connectivity index (χ1n) is 6.62. The fraction of sp³-hybridized carbons (Fsp3) is 0.600. The van der Waals surface area contributed by atoms with Gasteiger partial charge < -0.3 is 5.32 Å². The summed E-state index contributed by atoms with van der Waals surface area (Å²) in [7, 11) is 2.05. The molecule has 1 aromatic rings. The predicted octanol–water partition coefficient (Wildman–Crippen LogP) is 4.99. The van der Waals surface area contributed by atoms with E-state index >= 15 is 0 Å². The van der Waals surface area contributed by atoms with Crippen molar-refractivity contribution in [2.24, 2.45) is 0 Å². The summed E-state index contributed by atoms with van der Waals surface area (Å²) in [6.45, 7) is 4.39. The van der Waals surface area contributed by atoms with Gasteiger partial charge in [0.05, 0.1) is 0 Å². The molecular formula is C15H24BrN. The molecule has 0 fully saturated rings. The van der Waals surface area contributed by atoms with E-state index in [0.717, 1.165) is 0 Å². The zero-order valence-corrected chi connectivity index (χ0v) is 12.8. The number of nitrogens with one attached hydrogen (secondary N) is 1. The van der Waals surface area contributed by atoms with Crippen LogP contribution in [0.3, 0.4) is 0 Å². The fourth-order valence-electron chi connectivity index (χ4n) is 2.15. The lowest BCUT2D eigenvalue weighted by atomic mass is 9.99. The second-order valence-electron chi connectivity index (χ2n) is 4.72. The quantitative estimate of drug-likeness (QED) is 0.699. The molecule has 1 rings (SSSR count). The van der Waals surface area contributed by atoms with E-state index in [4.69, 9.17) is 0 Å². The molecule has 0 radical (unpaired) electrons. The molecule has 1 N–H and O–H groups in total. The van der Waals surface area contributed by atoms with Crippen LogP contribution in [0.25, 0.3) is 0 Å². The van der Waals surface area contributed by atoms with Crippen molar-refractivity contribution in [1.82, 2.24) is 5.32 Å². The third kappa shape index (κ3) is 4.81. The Morgan fingerprint density at radius 2 is 2.00 bits per heavy atom. The molecule has 0 heterocycles. The monoisotopic (exact) mass is 297 g/mol. The largest absolute Gasteiger partial charge is 0.313 e. The molecule has 1 aromatic carbocycles. The maximum absolute atomic E-state index is 3.67. The molecule has 0 saturated heterocycles. The van der Waals surface area contributed by atoms with Gasteiger partial charge in [-0.2, -0.15) is 0 Å². The van der Waals surface area contributed by atoms with Gasteiger partial charge in [-0.15, -0.1) is 0 Å². The van der Waals surface area contributed by atoms with E-state index in [1.54, 1.807) is 0 Å². The Hall–Kier alpha value is -0.340. The van der Waals surface area contributed by atoms with Crippen molar-refractivity contribution in [1.29, 1.82) is 0 Å². The van der Waals surface area contributed by atoms with E-state index in [1.807, 2.05) is 0 Å². The standard InChI is InChI=1S/C15H24BrN/c1-4-5-6-7-8-15(17-3)13-10-9-12(2)11-14(13)16/h9-11,15,17H,4-8H2,1-3H3. The van der Waals surface area contributed by atoms with E-state index in [0.29, 0.717) is 6.04 Å². The van der Waals surface area contributed by atoms with Gasteiger partial charge in [-0.05, 0) is 37.6 Å². The van der Waals surface area contributed by atoms with E-state index in [-0.39, 0.29) is 0 Å². The maximum atomic E-state index is 3.67. The fourth-order valence-corrected chi connectivity index (χ4v) is 2.91. The van der Waals surface area contributed by atoms with Gasteiger partial charge in [-0.3, -0.25) is 0 Å². The Bertz CT molecular complexity index is 336. The van der Waals surface area contributed by atoms with Crippen molar-refractivity contribution in [2.75, 3.05) is 7.05 Å². The number of benzene rings is 1. The van der Waals surface area contributed by atoms with Gasteiger partial charge in [0.25, 0.3) is 0 Å². The molecule has 2 heteroatoms. The minimum Gasteiger partial charge on any atom is -0.313 e. The molecule has 0 bridgehead atoms. The lowest BCUT2D eigenvalue weighted by molar-refractivity contribution is 0.504. The summed E-state index contributed by atoms with van der Waals surface area (Å²) in [6, 6.07) is 7.10. The van der Waals surface area contributed by atoms with E-state index in [2.05, 4.69) is 60.3 Å². The summed E-state index contributed by atoms with van der Waals surface area (Å²) >= 11 is 3.67. The van der Waals surface area contributed by atoms with Crippen LogP contribution < -0.4 is 5.32 Å². The van der Waals surface area contributed by atoms with Crippen LogP contribution in [0.1, 0.15) is 56.2 Å². The van der Waals surface area contributed by atoms with Crippen LogP contribution in [0, 0.1) is 6.92 Å². The highest BCUT2D eigenvalue weighted by Crippen LogP contribution is 2.27. The third-order valence-corrected chi connectivity index (χ3v) is 3.91.